The zero-order valence-corrected chi connectivity index (χ0v) is 13.1. The highest BCUT2D eigenvalue weighted by molar-refractivity contribution is 5.76. The minimum atomic E-state index is -0.342. The largest absolute Gasteiger partial charge is 0.345 e. The monoisotopic (exact) mass is 317 g/mol. The van der Waals surface area contributed by atoms with Crippen LogP contribution in [0.5, 0.6) is 0 Å². The van der Waals surface area contributed by atoms with Crippen LogP contribution in [0.2, 0.25) is 0 Å². The van der Waals surface area contributed by atoms with Gasteiger partial charge in [0.25, 0.3) is 0 Å². The first kappa shape index (κ1) is 15.6. The fourth-order valence-corrected chi connectivity index (χ4v) is 2.97. The summed E-state index contributed by atoms with van der Waals surface area (Å²) in [7, 11) is 0. The lowest BCUT2D eigenvalue weighted by atomic mass is 10.0. The number of halogens is 1. The van der Waals surface area contributed by atoms with Crippen LogP contribution in [0.25, 0.3) is 11.4 Å². The van der Waals surface area contributed by atoms with E-state index >= 15 is 0 Å². The number of hydrogen-bond acceptors (Lipinski definition) is 4. The Hall–Kier alpha value is -2.24. The molecule has 0 spiro atoms. The number of aromatic nitrogens is 2. The number of rotatable bonds is 5. The molecule has 1 aromatic heterocycles. The summed E-state index contributed by atoms with van der Waals surface area (Å²) in [6, 6.07) is 5.53. The Morgan fingerprint density at radius 1 is 1.35 bits per heavy atom. The lowest BCUT2D eigenvalue weighted by molar-refractivity contribution is -0.122. The van der Waals surface area contributed by atoms with E-state index in [0.29, 0.717) is 29.6 Å². The highest BCUT2D eigenvalue weighted by atomic mass is 19.1. The summed E-state index contributed by atoms with van der Waals surface area (Å²) >= 11 is 0. The molecule has 23 heavy (non-hydrogen) atoms. The van der Waals surface area contributed by atoms with Crippen molar-refractivity contribution in [2.24, 2.45) is 5.92 Å². The maximum Gasteiger partial charge on any atom is 0.249 e. The number of hydrogen-bond donors (Lipinski definition) is 1. The molecule has 1 aliphatic rings. The van der Waals surface area contributed by atoms with Gasteiger partial charge < -0.3 is 9.84 Å². The molecule has 1 fully saturated rings. The number of carbonyl (C=O) groups is 1. The van der Waals surface area contributed by atoms with Crippen molar-refractivity contribution >= 4 is 5.91 Å². The summed E-state index contributed by atoms with van der Waals surface area (Å²) in [5, 5.41) is 6.79. The second-order valence-corrected chi connectivity index (χ2v) is 6.11. The van der Waals surface area contributed by atoms with Gasteiger partial charge in [0.2, 0.25) is 17.6 Å². The third-order valence-electron chi connectivity index (χ3n) is 4.24. The van der Waals surface area contributed by atoms with Gasteiger partial charge in [0, 0.05) is 12.0 Å². The second kappa shape index (κ2) is 6.89. The average Bonchev–Trinajstić information content (AvgIpc) is 3.19. The van der Waals surface area contributed by atoms with Gasteiger partial charge in [-0.25, -0.2) is 4.39 Å². The molecule has 1 heterocycles. The first-order valence-electron chi connectivity index (χ1n) is 8.00. The average molecular weight is 317 g/mol. The van der Waals surface area contributed by atoms with Crippen molar-refractivity contribution in [3.05, 3.63) is 36.0 Å². The van der Waals surface area contributed by atoms with E-state index in [9.17, 15) is 9.18 Å². The quantitative estimate of drug-likeness (QED) is 0.914. The van der Waals surface area contributed by atoms with Gasteiger partial charge in [-0.1, -0.05) is 18.0 Å². The van der Waals surface area contributed by atoms with Gasteiger partial charge in [-0.05, 0) is 49.9 Å². The molecule has 1 N–H and O–H groups in total. The van der Waals surface area contributed by atoms with E-state index in [-0.39, 0.29) is 17.8 Å². The molecule has 5 nitrogen and oxygen atoms in total. The van der Waals surface area contributed by atoms with Gasteiger partial charge in [0.05, 0.1) is 0 Å². The highest BCUT2D eigenvalue weighted by Gasteiger charge is 2.21. The zero-order chi connectivity index (χ0) is 16.2. The Kier molecular flexibility index (Phi) is 4.69. The lowest BCUT2D eigenvalue weighted by Crippen LogP contribution is -2.28. The fourth-order valence-electron chi connectivity index (χ4n) is 2.97. The minimum Gasteiger partial charge on any atom is -0.345 e. The van der Waals surface area contributed by atoms with Crippen LogP contribution >= 0.6 is 0 Å². The first-order chi connectivity index (χ1) is 11.1. The van der Waals surface area contributed by atoms with Gasteiger partial charge in [-0.2, -0.15) is 4.98 Å². The summed E-state index contributed by atoms with van der Waals surface area (Å²) in [6.45, 7) is 1.81. The molecule has 1 aliphatic carbocycles. The fraction of sp³-hybridized carbons (Fsp3) is 0.471. The smallest absolute Gasteiger partial charge is 0.249 e. The van der Waals surface area contributed by atoms with Crippen LogP contribution < -0.4 is 5.32 Å². The zero-order valence-electron chi connectivity index (χ0n) is 13.1. The molecular weight excluding hydrogens is 297 g/mol. The van der Waals surface area contributed by atoms with Crippen LogP contribution in [0.4, 0.5) is 4.39 Å². The summed E-state index contributed by atoms with van der Waals surface area (Å²) in [5.74, 6) is 0.941. The van der Waals surface area contributed by atoms with E-state index in [0.717, 1.165) is 12.8 Å². The molecule has 0 saturated heterocycles. The Morgan fingerprint density at radius 3 is 2.74 bits per heavy atom. The normalized spacial score (nSPS) is 16.4. The molecule has 1 amide bonds. The first-order valence-corrected chi connectivity index (χ1v) is 8.00. The number of benzene rings is 1. The molecule has 0 radical (unpaired) electrons. The van der Waals surface area contributed by atoms with Gasteiger partial charge in [0.1, 0.15) is 11.9 Å². The molecule has 1 aromatic carbocycles. The molecule has 6 heteroatoms. The highest BCUT2D eigenvalue weighted by Crippen LogP contribution is 2.27. The number of nitrogens with one attached hydrogen (secondary N) is 1. The third kappa shape index (κ3) is 3.94. The van der Waals surface area contributed by atoms with Crippen LogP contribution in [-0.4, -0.2) is 16.0 Å². The van der Waals surface area contributed by atoms with Crippen LogP contribution in [0, 0.1) is 11.7 Å². The molecule has 1 atom stereocenters. The Morgan fingerprint density at radius 2 is 2.04 bits per heavy atom. The van der Waals surface area contributed by atoms with Crippen molar-refractivity contribution in [1.82, 2.24) is 15.5 Å². The molecule has 122 valence electrons. The molecule has 2 aromatic rings. The van der Waals surface area contributed by atoms with Crippen LogP contribution in [-0.2, 0) is 4.79 Å². The Bertz CT molecular complexity index is 663. The van der Waals surface area contributed by atoms with E-state index in [4.69, 9.17) is 4.52 Å². The maximum atomic E-state index is 12.9. The Balaban J connectivity index is 1.60. The van der Waals surface area contributed by atoms with Crippen molar-refractivity contribution in [1.29, 1.82) is 0 Å². The summed E-state index contributed by atoms with van der Waals surface area (Å²) in [5.41, 5.74) is 0.672. The number of carbonyl (C=O) groups excluding carboxylic acids is 1. The van der Waals surface area contributed by atoms with Gasteiger partial charge in [0.15, 0.2) is 0 Å². The Labute approximate surface area is 134 Å². The van der Waals surface area contributed by atoms with E-state index in [1.54, 1.807) is 12.1 Å². The predicted octanol–water partition coefficient (Wildman–Crippen LogP) is 3.63. The van der Waals surface area contributed by atoms with E-state index in [2.05, 4.69) is 15.5 Å². The summed E-state index contributed by atoms with van der Waals surface area (Å²) in [4.78, 5) is 16.3. The molecule has 3 rings (SSSR count). The third-order valence-corrected chi connectivity index (χ3v) is 4.24. The molecular formula is C17H20FN3O2. The van der Waals surface area contributed by atoms with Crippen molar-refractivity contribution in [2.45, 2.75) is 45.1 Å². The summed E-state index contributed by atoms with van der Waals surface area (Å²) < 4.78 is 18.1. The second-order valence-electron chi connectivity index (χ2n) is 6.11. The van der Waals surface area contributed by atoms with Crippen LogP contribution in [0.15, 0.2) is 28.8 Å². The SMILES string of the molecule is CC(NC(=O)CC1CCCC1)c1nc(-c2ccc(F)cc2)no1. The van der Waals surface area contributed by atoms with Gasteiger partial charge in [-0.3, -0.25) is 4.79 Å². The standard InChI is InChI=1S/C17H20FN3O2/c1-11(19-15(22)10-12-4-2-3-5-12)17-20-16(21-23-17)13-6-8-14(18)9-7-13/h6-9,11-12H,2-5,10H2,1H3,(H,19,22). The number of amides is 1. The van der Waals surface area contributed by atoms with E-state index in [1.165, 1.54) is 25.0 Å². The van der Waals surface area contributed by atoms with Crippen LogP contribution in [0.1, 0.15) is 51.0 Å². The van der Waals surface area contributed by atoms with E-state index in [1.807, 2.05) is 6.92 Å². The van der Waals surface area contributed by atoms with Crippen molar-refractivity contribution in [2.75, 3.05) is 0 Å². The van der Waals surface area contributed by atoms with Gasteiger partial charge >= 0.3 is 0 Å². The predicted molar refractivity (Wildman–Crippen MR) is 82.8 cm³/mol. The topological polar surface area (TPSA) is 68.0 Å². The van der Waals surface area contributed by atoms with Crippen molar-refractivity contribution in [3.8, 4) is 11.4 Å². The van der Waals surface area contributed by atoms with E-state index < -0.39 is 0 Å². The molecule has 0 aliphatic heterocycles. The van der Waals surface area contributed by atoms with Crippen molar-refractivity contribution < 1.29 is 13.7 Å². The maximum absolute atomic E-state index is 12.9. The lowest BCUT2D eigenvalue weighted by Gasteiger charge is -2.12. The molecule has 1 saturated carbocycles. The molecule has 1 unspecified atom stereocenters. The van der Waals surface area contributed by atoms with Crippen molar-refractivity contribution in [3.63, 3.8) is 0 Å². The molecule has 0 bridgehead atoms. The summed E-state index contributed by atoms with van der Waals surface area (Å²) in [6.07, 6.45) is 5.27. The van der Waals surface area contributed by atoms with Crippen LogP contribution in [0.3, 0.4) is 0 Å². The van der Waals surface area contributed by atoms with Gasteiger partial charge in [-0.15, -0.1) is 0 Å². The minimum absolute atomic E-state index is 0.0194. The number of nitrogens with zero attached hydrogens (tertiary/aromatic N) is 2.